The summed E-state index contributed by atoms with van der Waals surface area (Å²) in [4.78, 5) is 8.70. The van der Waals surface area contributed by atoms with E-state index in [4.69, 9.17) is 16.1 Å². The van der Waals surface area contributed by atoms with E-state index in [0.717, 1.165) is 16.5 Å². The molecular formula is C13H10ClN3O. The fraction of sp³-hybridized carbons (Fsp3) is 0.154. The molecule has 0 N–H and O–H groups in total. The van der Waals surface area contributed by atoms with Gasteiger partial charge in [-0.1, -0.05) is 23.4 Å². The zero-order valence-corrected chi connectivity index (χ0v) is 10.5. The lowest BCUT2D eigenvalue weighted by molar-refractivity contribution is 0.391. The molecule has 0 saturated heterocycles. The molecule has 0 radical (unpaired) electrons. The van der Waals surface area contributed by atoms with Crippen molar-refractivity contribution in [3.63, 3.8) is 0 Å². The molecule has 5 heteroatoms. The molecule has 2 heterocycles. The number of nitrogens with zero attached hydrogens (tertiary/aromatic N) is 3. The molecule has 2 aromatic heterocycles. The van der Waals surface area contributed by atoms with Gasteiger partial charge in [0.25, 0.3) is 0 Å². The van der Waals surface area contributed by atoms with Gasteiger partial charge < -0.3 is 4.52 Å². The maximum absolute atomic E-state index is 5.64. The molecule has 0 aliphatic rings. The van der Waals surface area contributed by atoms with E-state index in [2.05, 4.69) is 15.1 Å². The number of hydrogen-bond acceptors (Lipinski definition) is 4. The Hall–Kier alpha value is -1.94. The maximum atomic E-state index is 5.64. The SMILES string of the molecule is Cc1cc(-c2noc(CCl)n2)nc2ccccc12. The molecule has 0 unspecified atom stereocenters. The third kappa shape index (κ3) is 1.84. The van der Waals surface area contributed by atoms with Crippen molar-refractivity contribution in [3.8, 4) is 11.5 Å². The fourth-order valence-corrected chi connectivity index (χ4v) is 1.99. The Kier molecular flexibility index (Phi) is 2.72. The van der Waals surface area contributed by atoms with E-state index >= 15 is 0 Å². The molecular weight excluding hydrogens is 250 g/mol. The van der Waals surface area contributed by atoms with Crippen LogP contribution in [0.4, 0.5) is 0 Å². The summed E-state index contributed by atoms with van der Waals surface area (Å²) in [6.07, 6.45) is 0. The van der Waals surface area contributed by atoms with Gasteiger partial charge in [0, 0.05) is 5.39 Å². The molecule has 0 aliphatic heterocycles. The molecule has 3 aromatic rings. The third-order valence-electron chi connectivity index (χ3n) is 2.73. The predicted molar refractivity (Wildman–Crippen MR) is 69.3 cm³/mol. The fourth-order valence-electron chi connectivity index (χ4n) is 1.88. The van der Waals surface area contributed by atoms with Gasteiger partial charge >= 0.3 is 0 Å². The van der Waals surface area contributed by atoms with Crippen LogP contribution in [0.2, 0.25) is 0 Å². The maximum Gasteiger partial charge on any atom is 0.241 e. The summed E-state index contributed by atoms with van der Waals surface area (Å²) in [5.74, 6) is 1.08. The first-order chi connectivity index (χ1) is 8.78. The zero-order chi connectivity index (χ0) is 12.5. The highest BCUT2D eigenvalue weighted by molar-refractivity contribution is 6.16. The minimum Gasteiger partial charge on any atom is -0.338 e. The van der Waals surface area contributed by atoms with Crippen LogP contribution in [-0.4, -0.2) is 15.1 Å². The highest BCUT2D eigenvalue weighted by atomic mass is 35.5. The Morgan fingerprint density at radius 2 is 2.06 bits per heavy atom. The van der Waals surface area contributed by atoms with Crippen molar-refractivity contribution >= 4 is 22.5 Å². The third-order valence-corrected chi connectivity index (χ3v) is 2.96. The summed E-state index contributed by atoms with van der Waals surface area (Å²) in [6, 6.07) is 9.91. The number of benzene rings is 1. The molecule has 0 aliphatic carbocycles. The second-order valence-electron chi connectivity index (χ2n) is 3.99. The van der Waals surface area contributed by atoms with E-state index < -0.39 is 0 Å². The largest absolute Gasteiger partial charge is 0.338 e. The summed E-state index contributed by atoms with van der Waals surface area (Å²) in [7, 11) is 0. The van der Waals surface area contributed by atoms with Crippen LogP contribution in [0.3, 0.4) is 0 Å². The van der Waals surface area contributed by atoms with Crippen molar-refractivity contribution in [3.05, 3.63) is 41.8 Å². The second-order valence-corrected chi connectivity index (χ2v) is 4.25. The van der Waals surface area contributed by atoms with Crippen molar-refractivity contribution in [1.29, 1.82) is 0 Å². The number of hydrogen-bond donors (Lipinski definition) is 0. The minimum atomic E-state index is 0.208. The highest BCUT2D eigenvalue weighted by Crippen LogP contribution is 2.22. The van der Waals surface area contributed by atoms with E-state index in [9.17, 15) is 0 Å². The molecule has 4 nitrogen and oxygen atoms in total. The van der Waals surface area contributed by atoms with Crippen LogP contribution in [0, 0.1) is 6.92 Å². The van der Waals surface area contributed by atoms with Crippen molar-refractivity contribution in [2.24, 2.45) is 0 Å². The van der Waals surface area contributed by atoms with Gasteiger partial charge in [-0.05, 0) is 24.6 Å². The van der Waals surface area contributed by atoms with Crippen molar-refractivity contribution in [2.45, 2.75) is 12.8 Å². The molecule has 3 rings (SSSR count). The monoisotopic (exact) mass is 259 g/mol. The number of halogens is 1. The van der Waals surface area contributed by atoms with E-state index in [1.165, 1.54) is 0 Å². The predicted octanol–water partition coefficient (Wildman–Crippen LogP) is 3.33. The normalized spacial score (nSPS) is 11.0. The molecule has 1 aromatic carbocycles. The summed E-state index contributed by atoms with van der Waals surface area (Å²) in [6.45, 7) is 2.04. The Labute approximate surface area is 109 Å². The molecule has 0 bridgehead atoms. The Morgan fingerprint density at radius 1 is 1.22 bits per heavy atom. The quantitative estimate of drug-likeness (QED) is 0.663. The second kappa shape index (κ2) is 4.38. The Balaban J connectivity index is 2.18. The molecule has 0 fully saturated rings. The van der Waals surface area contributed by atoms with E-state index in [0.29, 0.717) is 17.4 Å². The highest BCUT2D eigenvalue weighted by Gasteiger charge is 2.11. The molecule has 18 heavy (non-hydrogen) atoms. The lowest BCUT2D eigenvalue weighted by Gasteiger charge is -2.03. The van der Waals surface area contributed by atoms with Crippen LogP contribution in [0.5, 0.6) is 0 Å². The number of alkyl halides is 1. The van der Waals surface area contributed by atoms with Gasteiger partial charge in [0.1, 0.15) is 11.6 Å². The zero-order valence-electron chi connectivity index (χ0n) is 9.72. The Bertz CT molecular complexity index is 708. The first kappa shape index (κ1) is 11.2. The van der Waals surface area contributed by atoms with Crippen LogP contribution in [0.25, 0.3) is 22.4 Å². The lowest BCUT2D eigenvalue weighted by atomic mass is 10.1. The smallest absolute Gasteiger partial charge is 0.241 e. The van der Waals surface area contributed by atoms with Crippen LogP contribution < -0.4 is 0 Å². The average molecular weight is 260 g/mol. The van der Waals surface area contributed by atoms with E-state index in [1.807, 2.05) is 37.3 Å². The molecule has 90 valence electrons. The molecule has 0 saturated carbocycles. The van der Waals surface area contributed by atoms with Crippen LogP contribution >= 0.6 is 11.6 Å². The number of aryl methyl sites for hydroxylation is 1. The molecule has 0 atom stereocenters. The van der Waals surface area contributed by atoms with Crippen LogP contribution in [-0.2, 0) is 5.88 Å². The number of fused-ring (bicyclic) bond motifs is 1. The van der Waals surface area contributed by atoms with Gasteiger partial charge in [-0.25, -0.2) is 4.98 Å². The first-order valence-corrected chi connectivity index (χ1v) is 6.06. The topological polar surface area (TPSA) is 51.8 Å². The van der Waals surface area contributed by atoms with E-state index in [-0.39, 0.29) is 5.88 Å². The van der Waals surface area contributed by atoms with Gasteiger partial charge in [0.15, 0.2) is 0 Å². The van der Waals surface area contributed by atoms with Gasteiger partial charge in [-0.15, -0.1) is 11.6 Å². The van der Waals surface area contributed by atoms with Crippen molar-refractivity contribution < 1.29 is 4.52 Å². The van der Waals surface area contributed by atoms with Crippen molar-refractivity contribution in [2.75, 3.05) is 0 Å². The van der Waals surface area contributed by atoms with Gasteiger partial charge in [-0.2, -0.15) is 4.98 Å². The van der Waals surface area contributed by atoms with Crippen LogP contribution in [0.1, 0.15) is 11.5 Å². The summed E-state index contributed by atoms with van der Waals surface area (Å²) in [5.41, 5.74) is 2.75. The van der Waals surface area contributed by atoms with Gasteiger partial charge in [-0.3, -0.25) is 0 Å². The summed E-state index contributed by atoms with van der Waals surface area (Å²) in [5, 5.41) is 5.00. The number of rotatable bonds is 2. The number of pyridine rings is 1. The summed E-state index contributed by atoms with van der Waals surface area (Å²) >= 11 is 5.64. The van der Waals surface area contributed by atoms with Crippen LogP contribution in [0.15, 0.2) is 34.9 Å². The summed E-state index contributed by atoms with van der Waals surface area (Å²) < 4.78 is 4.99. The molecule has 0 amide bonds. The lowest BCUT2D eigenvalue weighted by Crippen LogP contribution is -1.90. The van der Waals surface area contributed by atoms with Gasteiger partial charge in [0.05, 0.1) is 5.52 Å². The number of aromatic nitrogens is 3. The van der Waals surface area contributed by atoms with E-state index in [1.54, 1.807) is 0 Å². The molecule has 0 spiro atoms. The first-order valence-electron chi connectivity index (χ1n) is 5.53. The van der Waals surface area contributed by atoms with Gasteiger partial charge in [0.2, 0.25) is 11.7 Å². The minimum absolute atomic E-state index is 0.208. The standard InChI is InChI=1S/C13H10ClN3O/c1-8-6-11(13-16-12(7-14)18-17-13)15-10-5-3-2-4-9(8)10/h2-6H,7H2,1H3. The Morgan fingerprint density at radius 3 is 2.83 bits per heavy atom. The average Bonchev–Trinajstić information content (AvgIpc) is 2.87. The van der Waals surface area contributed by atoms with Crippen molar-refractivity contribution in [1.82, 2.24) is 15.1 Å². The number of para-hydroxylation sites is 1.